The van der Waals surface area contributed by atoms with Gasteiger partial charge in [0.1, 0.15) is 5.69 Å². The number of phenols is 1. The van der Waals surface area contributed by atoms with E-state index in [1.54, 1.807) is 13.0 Å². The minimum absolute atomic E-state index is 0.0548. The fourth-order valence-corrected chi connectivity index (χ4v) is 2.11. The maximum Gasteiger partial charge on any atom is 0.353 e. The first-order valence-corrected chi connectivity index (χ1v) is 5.68. The van der Waals surface area contributed by atoms with Crippen LogP contribution in [0.15, 0.2) is 12.1 Å². The van der Waals surface area contributed by atoms with Crippen LogP contribution in [-0.4, -0.2) is 33.5 Å². The Bertz CT molecular complexity index is 651. The number of benzene rings is 1. The molecule has 1 heterocycles. The number of nitrogens with zero attached hydrogens (tertiary/aromatic N) is 1. The molecule has 3 N–H and O–H groups in total. The molecule has 1 aromatic heterocycles. The lowest BCUT2D eigenvalue weighted by Crippen LogP contribution is -1.95. The van der Waals surface area contributed by atoms with Crippen molar-refractivity contribution in [3.63, 3.8) is 0 Å². The van der Waals surface area contributed by atoms with Gasteiger partial charge in [-0.05, 0) is 24.6 Å². The number of carbonyl (C=O) groups is 1. The molecule has 2 rings (SSSR count). The molecule has 0 fully saturated rings. The molecule has 2 aromatic rings. The summed E-state index contributed by atoms with van der Waals surface area (Å²) in [4.78, 5) is 10.8. The number of halogens is 1. The molecule has 0 saturated carbocycles. The van der Waals surface area contributed by atoms with Gasteiger partial charge in [-0.2, -0.15) is 5.10 Å². The maximum atomic E-state index is 10.8. The van der Waals surface area contributed by atoms with Crippen molar-refractivity contribution in [3.8, 4) is 22.8 Å². The molecule has 0 unspecified atom stereocenters. The van der Waals surface area contributed by atoms with Crippen LogP contribution < -0.4 is 4.74 Å². The van der Waals surface area contributed by atoms with E-state index in [0.29, 0.717) is 16.8 Å². The average Bonchev–Trinajstić information content (AvgIpc) is 2.83. The molecule has 19 heavy (non-hydrogen) atoms. The zero-order chi connectivity index (χ0) is 14.2. The van der Waals surface area contributed by atoms with Crippen LogP contribution in [-0.2, 0) is 0 Å². The first-order valence-electron chi connectivity index (χ1n) is 5.30. The third kappa shape index (κ3) is 2.22. The summed E-state index contributed by atoms with van der Waals surface area (Å²) in [7, 11) is 1.42. The molecule has 0 atom stereocenters. The third-order valence-corrected chi connectivity index (χ3v) is 3.06. The lowest BCUT2D eigenvalue weighted by molar-refractivity contribution is 0.0690. The topological polar surface area (TPSA) is 95.4 Å². The van der Waals surface area contributed by atoms with Crippen molar-refractivity contribution in [1.29, 1.82) is 0 Å². The number of hydrogen-bond donors (Lipinski definition) is 3. The molecule has 0 bridgehead atoms. The summed E-state index contributed by atoms with van der Waals surface area (Å²) in [5.74, 6) is -1.07. The fourth-order valence-electron chi connectivity index (χ4n) is 1.77. The Kier molecular flexibility index (Phi) is 3.35. The highest BCUT2D eigenvalue weighted by atomic mass is 35.5. The summed E-state index contributed by atoms with van der Waals surface area (Å²) in [6, 6.07) is 2.95. The molecule has 100 valence electrons. The number of carboxylic acid groups (broad SMARTS) is 1. The molecule has 0 radical (unpaired) electrons. The van der Waals surface area contributed by atoms with Crippen LogP contribution in [0.1, 0.15) is 16.1 Å². The molecule has 0 spiro atoms. The van der Waals surface area contributed by atoms with Gasteiger partial charge in [-0.3, -0.25) is 5.10 Å². The predicted octanol–water partition coefficient (Wildman–Crippen LogP) is 2.45. The number of nitrogens with one attached hydrogen (secondary N) is 1. The van der Waals surface area contributed by atoms with E-state index in [-0.39, 0.29) is 22.2 Å². The van der Waals surface area contributed by atoms with Crippen molar-refractivity contribution in [2.75, 3.05) is 7.11 Å². The molecule has 0 saturated heterocycles. The van der Waals surface area contributed by atoms with Gasteiger partial charge in [0.25, 0.3) is 0 Å². The molecule has 0 aliphatic carbocycles. The van der Waals surface area contributed by atoms with Crippen molar-refractivity contribution in [1.82, 2.24) is 10.2 Å². The van der Waals surface area contributed by atoms with E-state index in [1.807, 2.05) is 0 Å². The Morgan fingerprint density at radius 3 is 2.68 bits per heavy atom. The molecule has 6 nitrogen and oxygen atoms in total. The van der Waals surface area contributed by atoms with Gasteiger partial charge in [0.2, 0.25) is 0 Å². The van der Waals surface area contributed by atoms with E-state index in [1.165, 1.54) is 13.2 Å². The third-order valence-electron chi connectivity index (χ3n) is 2.69. The van der Waals surface area contributed by atoms with Crippen LogP contribution in [0.2, 0.25) is 5.02 Å². The highest BCUT2D eigenvalue weighted by Gasteiger charge is 2.19. The summed E-state index contributed by atoms with van der Waals surface area (Å²) in [5.41, 5.74) is 1.46. The van der Waals surface area contributed by atoms with E-state index in [2.05, 4.69) is 10.2 Å². The summed E-state index contributed by atoms with van der Waals surface area (Å²) in [6.07, 6.45) is 0. The Morgan fingerprint density at radius 2 is 2.16 bits per heavy atom. The summed E-state index contributed by atoms with van der Waals surface area (Å²) in [6.45, 7) is 1.76. The van der Waals surface area contributed by atoms with E-state index < -0.39 is 5.97 Å². The molecule has 0 aliphatic rings. The van der Waals surface area contributed by atoms with Gasteiger partial charge < -0.3 is 14.9 Å². The number of phenolic OH excluding ortho intramolecular Hbond substituents is 1. The van der Waals surface area contributed by atoms with E-state index in [9.17, 15) is 9.90 Å². The number of aryl methyl sites for hydroxylation is 1. The van der Waals surface area contributed by atoms with Gasteiger partial charge in [0, 0.05) is 5.56 Å². The second-order valence-electron chi connectivity index (χ2n) is 3.91. The van der Waals surface area contributed by atoms with Gasteiger partial charge in [-0.15, -0.1) is 0 Å². The van der Waals surface area contributed by atoms with E-state index in [4.69, 9.17) is 21.4 Å². The second kappa shape index (κ2) is 4.81. The van der Waals surface area contributed by atoms with Crippen LogP contribution in [0.4, 0.5) is 0 Å². The monoisotopic (exact) mass is 282 g/mol. The minimum Gasteiger partial charge on any atom is -0.503 e. The van der Waals surface area contributed by atoms with Crippen molar-refractivity contribution in [3.05, 3.63) is 28.4 Å². The first kappa shape index (κ1) is 13.2. The Hall–Kier alpha value is -2.21. The molecule has 7 heteroatoms. The number of hydrogen-bond acceptors (Lipinski definition) is 4. The maximum absolute atomic E-state index is 10.8. The van der Waals surface area contributed by atoms with Gasteiger partial charge in [0.05, 0.1) is 17.8 Å². The molecule has 0 amide bonds. The number of aromatic amines is 1. The van der Waals surface area contributed by atoms with Crippen LogP contribution in [0.3, 0.4) is 0 Å². The first-order chi connectivity index (χ1) is 8.95. The average molecular weight is 283 g/mol. The predicted molar refractivity (Wildman–Crippen MR) is 68.9 cm³/mol. The summed E-state index contributed by atoms with van der Waals surface area (Å²) < 4.78 is 4.98. The number of methoxy groups -OCH3 is 1. The van der Waals surface area contributed by atoms with E-state index in [0.717, 1.165) is 0 Å². The van der Waals surface area contributed by atoms with Crippen LogP contribution in [0.25, 0.3) is 11.3 Å². The highest BCUT2D eigenvalue weighted by molar-refractivity contribution is 6.35. The molecular formula is C12H11ClN2O4. The van der Waals surface area contributed by atoms with Crippen LogP contribution >= 0.6 is 11.6 Å². The summed E-state index contributed by atoms with van der Waals surface area (Å²) >= 11 is 6.07. The Morgan fingerprint density at radius 1 is 1.47 bits per heavy atom. The van der Waals surface area contributed by atoms with Gasteiger partial charge in [-0.25, -0.2) is 4.79 Å². The molecule has 1 aromatic carbocycles. The van der Waals surface area contributed by atoms with E-state index >= 15 is 0 Å². The fraction of sp³-hybridized carbons (Fsp3) is 0.167. The number of aromatic carboxylic acids is 1. The Balaban J connectivity index is 2.61. The zero-order valence-electron chi connectivity index (χ0n) is 10.2. The number of ether oxygens (including phenoxy) is 1. The SMILES string of the molecule is COc1cc(C)c(-c2cc(C(=O)O)[nH]n2)c(Cl)c1O. The smallest absolute Gasteiger partial charge is 0.353 e. The zero-order valence-corrected chi connectivity index (χ0v) is 10.9. The van der Waals surface area contributed by atoms with Crippen molar-refractivity contribution < 1.29 is 19.7 Å². The quantitative estimate of drug-likeness (QED) is 0.803. The van der Waals surface area contributed by atoms with Crippen LogP contribution in [0, 0.1) is 6.92 Å². The second-order valence-corrected chi connectivity index (χ2v) is 4.28. The Labute approximate surface area is 113 Å². The number of rotatable bonds is 3. The number of carboxylic acids is 1. The molecule has 0 aliphatic heterocycles. The minimum atomic E-state index is -1.12. The number of aromatic nitrogens is 2. The van der Waals surface area contributed by atoms with Gasteiger partial charge in [0.15, 0.2) is 11.5 Å². The lowest BCUT2D eigenvalue weighted by atomic mass is 10.0. The van der Waals surface area contributed by atoms with Crippen molar-refractivity contribution in [2.45, 2.75) is 6.92 Å². The molecular weight excluding hydrogens is 272 g/mol. The van der Waals surface area contributed by atoms with Crippen molar-refractivity contribution >= 4 is 17.6 Å². The van der Waals surface area contributed by atoms with Crippen molar-refractivity contribution in [2.24, 2.45) is 0 Å². The lowest BCUT2D eigenvalue weighted by Gasteiger charge is -2.11. The summed E-state index contributed by atoms with van der Waals surface area (Å²) in [5, 5.41) is 25.1. The van der Waals surface area contributed by atoms with Gasteiger partial charge >= 0.3 is 5.97 Å². The van der Waals surface area contributed by atoms with Crippen LogP contribution in [0.5, 0.6) is 11.5 Å². The number of aromatic hydroxyl groups is 1. The largest absolute Gasteiger partial charge is 0.503 e. The highest BCUT2D eigenvalue weighted by Crippen LogP contribution is 2.42. The number of H-pyrrole nitrogens is 1. The normalized spacial score (nSPS) is 10.5. The van der Waals surface area contributed by atoms with Gasteiger partial charge in [-0.1, -0.05) is 11.6 Å². The standard InChI is InChI=1S/C12H11ClN2O4/c1-5-3-8(19-2)11(16)10(13)9(5)6-4-7(12(17)18)15-14-6/h3-4,16H,1-2H3,(H,14,15)(H,17,18).